The zero-order chi connectivity index (χ0) is 42.2. The number of carbonyl (C=O) groups is 4. The quantitative estimate of drug-likeness (QED) is 0.0312. The van der Waals surface area contributed by atoms with Gasteiger partial charge in [-0.2, -0.15) is 0 Å². The molecule has 2 N–H and O–H groups in total. The van der Waals surface area contributed by atoms with E-state index in [-0.39, 0.29) is 19.1 Å². The lowest BCUT2D eigenvalue weighted by molar-refractivity contribution is -0.190. The van der Waals surface area contributed by atoms with E-state index < -0.39 is 59.0 Å². The number of rotatable bonds is 26. The summed E-state index contributed by atoms with van der Waals surface area (Å²) in [6, 6.07) is 5.75. The van der Waals surface area contributed by atoms with Crippen LogP contribution in [0.4, 0.5) is 0 Å². The van der Waals surface area contributed by atoms with E-state index in [2.05, 4.69) is 24.1 Å². The molecule has 0 aliphatic heterocycles. The third-order valence-corrected chi connectivity index (χ3v) is 8.97. The van der Waals surface area contributed by atoms with Gasteiger partial charge in [0.25, 0.3) is 0 Å². The second-order valence-electron chi connectivity index (χ2n) is 16.3. The van der Waals surface area contributed by atoms with E-state index in [0.717, 1.165) is 38.5 Å². The average molecular weight is 786 g/mol. The van der Waals surface area contributed by atoms with Crippen LogP contribution in [0.25, 0.3) is 0 Å². The zero-order valence-corrected chi connectivity index (χ0v) is 35.9. The van der Waals surface area contributed by atoms with Crippen LogP contribution >= 0.6 is 0 Å². The Balaban J connectivity index is 3.28. The molecule has 0 aliphatic carbocycles. The molecule has 0 fully saturated rings. The van der Waals surface area contributed by atoms with Crippen LogP contribution in [0.2, 0.25) is 0 Å². The Morgan fingerprint density at radius 3 is 1.96 bits per heavy atom. The van der Waals surface area contributed by atoms with Crippen molar-refractivity contribution in [1.82, 2.24) is 5.32 Å². The first-order chi connectivity index (χ1) is 26.4. The minimum atomic E-state index is -2.68. The van der Waals surface area contributed by atoms with Gasteiger partial charge in [-0.05, 0) is 91.8 Å². The van der Waals surface area contributed by atoms with Crippen LogP contribution in [-0.2, 0) is 44.5 Å². The number of methoxy groups -OCH3 is 2. The van der Waals surface area contributed by atoms with Crippen LogP contribution in [0, 0.1) is 17.8 Å². The van der Waals surface area contributed by atoms with Crippen LogP contribution in [0.15, 0.2) is 36.4 Å². The van der Waals surface area contributed by atoms with E-state index in [9.17, 15) is 24.3 Å². The minimum Gasteiger partial charge on any atom is -0.481 e. The fraction of sp³-hybridized carbons (Fsp3) is 0.689. The molecule has 0 aliphatic rings. The molecule has 1 amide bonds. The van der Waals surface area contributed by atoms with Gasteiger partial charge in [0.1, 0.15) is 29.6 Å². The highest BCUT2D eigenvalue weighted by atomic mass is 16.6. The van der Waals surface area contributed by atoms with Gasteiger partial charge >= 0.3 is 17.9 Å². The summed E-state index contributed by atoms with van der Waals surface area (Å²) in [5.74, 6) is 0.863. The predicted molar refractivity (Wildman–Crippen MR) is 219 cm³/mol. The van der Waals surface area contributed by atoms with Crippen LogP contribution in [0.5, 0.6) is 5.75 Å². The van der Waals surface area contributed by atoms with Crippen molar-refractivity contribution in [3.8, 4) is 17.6 Å². The SMILES string of the molecule is CC#CCOc1ccc(C[C@H](NC(=O)[C@@H](/C=C/CCCCCCC(CCCCCCC)OC)[C@@](O)(CC(=O)OC(C)(C)C)C(=O)OC(C)(C)C)C(=O)OC)cc1. The molecule has 1 rings (SSSR count). The van der Waals surface area contributed by atoms with E-state index in [1.54, 1.807) is 85.9 Å². The van der Waals surface area contributed by atoms with Crippen molar-refractivity contribution in [3.63, 3.8) is 0 Å². The van der Waals surface area contributed by atoms with Crippen molar-refractivity contribution in [2.24, 2.45) is 5.92 Å². The molecule has 0 aromatic heterocycles. The molecule has 1 aromatic rings. The van der Waals surface area contributed by atoms with Crippen molar-refractivity contribution in [1.29, 1.82) is 0 Å². The maximum atomic E-state index is 14.2. The molecule has 0 heterocycles. The summed E-state index contributed by atoms with van der Waals surface area (Å²) in [4.78, 5) is 54.3. The van der Waals surface area contributed by atoms with Gasteiger partial charge < -0.3 is 34.1 Å². The Labute approximate surface area is 337 Å². The van der Waals surface area contributed by atoms with E-state index in [1.165, 1.54) is 45.3 Å². The van der Waals surface area contributed by atoms with Gasteiger partial charge in [0.15, 0.2) is 5.60 Å². The highest BCUT2D eigenvalue weighted by molar-refractivity contribution is 5.95. The second kappa shape index (κ2) is 26.1. The summed E-state index contributed by atoms with van der Waals surface area (Å²) in [7, 11) is 2.98. The van der Waals surface area contributed by atoms with Crippen molar-refractivity contribution in [3.05, 3.63) is 42.0 Å². The number of nitrogens with one attached hydrogen (secondary N) is 1. The maximum Gasteiger partial charge on any atom is 0.340 e. The van der Waals surface area contributed by atoms with Gasteiger partial charge in [-0.25, -0.2) is 9.59 Å². The second-order valence-corrected chi connectivity index (χ2v) is 16.3. The van der Waals surface area contributed by atoms with Gasteiger partial charge in [0.05, 0.1) is 25.6 Å². The molecular weight excluding hydrogens is 714 g/mol. The molecule has 0 saturated carbocycles. The third kappa shape index (κ3) is 20.9. The monoisotopic (exact) mass is 786 g/mol. The Kier molecular flexibility index (Phi) is 23.4. The first-order valence-electron chi connectivity index (χ1n) is 20.3. The molecule has 11 nitrogen and oxygen atoms in total. The summed E-state index contributed by atoms with van der Waals surface area (Å²) in [5, 5.41) is 14.9. The van der Waals surface area contributed by atoms with Crippen LogP contribution < -0.4 is 10.1 Å². The number of allylic oxidation sites excluding steroid dienone is 1. The predicted octanol–water partition coefficient (Wildman–Crippen LogP) is 7.98. The lowest BCUT2D eigenvalue weighted by atomic mass is 9.82. The highest BCUT2D eigenvalue weighted by Gasteiger charge is 2.52. The molecule has 0 spiro atoms. The van der Waals surface area contributed by atoms with Crippen LogP contribution in [0.3, 0.4) is 0 Å². The molecule has 1 unspecified atom stereocenters. The Morgan fingerprint density at radius 1 is 0.839 bits per heavy atom. The molecule has 0 saturated heterocycles. The third-order valence-electron chi connectivity index (χ3n) is 8.97. The van der Waals surface area contributed by atoms with Gasteiger partial charge in [0, 0.05) is 13.5 Å². The zero-order valence-electron chi connectivity index (χ0n) is 35.9. The van der Waals surface area contributed by atoms with Crippen molar-refractivity contribution in [2.75, 3.05) is 20.8 Å². The molecule has 0 radical (unpaired) electrons. The number of ether oxygens (including phenoxy) is 5. The number of unbranched alkanes of at least 4 members (excludes halogenated alkanes) is 8. The Morgan fingerprint density at radius 2 is 1.43 bits per heavy atom. The number of aliphatic hydroxyl groups is 1. The molecule has 1 aromatic carbocycles. The standard InChI is InChI=1S/C45H71NO10/c1-11-13-15-18-21-24-35(52-9)25-22-19-16-17-20-23-26-37(45(51,42(50)56-44(6,7)8)33-39(47)55-43(3,4)5)40(48)46-38(41(49)53-10)32-34-27-29-36(30-28-34)54-31-14-12-2/h23,26-30,35,37-38,51H,11,13,15-22,24-25,31-33H2,1-10H3,(H,46,48)/b26-23+/t35?,37-,38+,45+/m1/s1. The number of amides is 1. The lowest BCUT2D eigenvalue weighted by Crippen LogP contribution is -2.57. The fourth-order valence-electron chi connectivity index (χ4n) is 6.06. The minimum absolute atomic E-state index is 0.0314. The molecule has 4 atom stereocenters. The van der Waals surface area contributed by atoms with Crippen molar-refractivity contribution >= 4 is 23.8 Å². The number of carbonyl (C=O) groups excluding carboxylic acids is 4. The number of hydrogen-bond donors (Lipinski definition) is 2. The van der Waals surface area contributed by atoms with Gasteiger partial charge in [-0.1, -0.05) is 88.5 Å². The molecule has 56 heavy (non-hydrogen) atoms. The number of benzene rings is 1. The molecule has 11 heteroatoms. The molecule has 0 bridgehead atoms. The fourth-order valence-corrected chi connectivity index (χ4v) is 6.06. The van der Waals surface area contributed by atoms with Crippen molar-refractivity contribution < 1.29 is 48.0 Å². The van der Waals surface area contributed by atoms with E-state index >= 15 is 0 Å². The lowest BCUT2D eigenvalue weighted by Gasteiger charge is -2.35. The molecule has 316 valence electrons. The Bertz CT molecular complexity index is 1410. The van der Waals surface area contributed by atoms with Gasteiger partial charge in [-0.3, -0.25) is 9.59 Å². The van der Waals surface area contributed by atoms with E-state index in [4.69, 9.17) is 23.7 Å². The summed E-state index contributed by atoms with van der Waals surface area (Å²) < 4.78 is 27.4. The average Bonchev–Trinajstić information content (AvgIpc) is 3.11. The largest absolute Gasteiger partial charge is 0.481 e. The van der Waals surface area contributed by atoms with Crippen molar-refractivity contribution in [2.45, 2.75) is 174 Å². The maximum absolute atomic E-state index is 14.2. The summed E-state index contributed by atoms with van der Waals surface area (Å²) >= 11 is 0. The van der Waals surface area contributed by atoms with E-state index in [1.807, 2.05) is 0 Å². The summed E-state index contributed by atoms with van der Waals surface area (Å²) in [6.07, 6.45) is 15.2. The normalized spacial score (nSPS) is 14.4. The number of hydrogen-bond acceptors (Lipinski definition) is 10. The summed E-state index contributed by atoms with van der Waals surface area (Å²) in [5.41, 5.74) is -3.99. The first kappa shape index (κ1) is 50.1. The van der Waals surface area contributed by atoms with Gasteiger partial charge in [-0.15, -0.1) is 5.92 Å². The number of esters is 3. The highest BCUT2D eigenvalue weighted by Crippen LogP contribution is 2.30. The topological polar surface area (TPSA) is 147 Å². The first-order valence-corrected chi connectivity index (χ1v) is 20.3. The van der Waals surface area contributed by atoms with Crippen LogP contribution in [-0.4, -0.2) is 78.7 Å². The molecular formula is C45H71NO10. The van der Waals surface area contributed by atoms with E-state index in [0.29, 0.717) is 17.7 Å². The van der Waals surface area contributed by atoms with Crippen LogP contribution in [0.1, 0.15) is 144 Å². The Hall–Kier alpha value is -3.88. The summed E-state index contributed by atoms with van der Waals surface area (Å²) in [6.45, 7) is 14.0. The smallest absolute Gasteiger partial charge is 0.340 e. The van der Waals surface area contributed by atoms with Gasteiger partial charge in [0.2, 0.25) is 5.91 Å².